The number of hydrogen-bond donors (Lipinski definition) is 3. The van der Waals surface area contributed by atoms with Crippen molar-refractivity contribution >= 4 is 49.3 Å². The Hall–Kier alpha value is -3.87. The zero-order valence-electron chi connectivity index (χ0n) is 23.3. The van der Waals surface area contributed by atoms with Gasteiger partial charge in [0.05, 0.1) is 24.5 Å². The first kappa shape index (κ1) is 30.6. The predicted molar refractivity (Wildman–Crippen MR) is 153 cm³/mol. The number of sulfonamides is 1. The summed E-state index contributed by atoms with van der Waals surface area (Å²) in [5.74, 6) is 0.467. The highest BCUT2D eigenvalue weighted by Crippen LogP contribution is 2.38. The molecular weight excluding hydrogens is 611 g/mol. The Labute approximate surface area is 248 Å². The average Bonchev–Trinajstić information content (AvgIpc) is 3.60. The van der Waals surface area contributed by atoms with Gasteiger partial charge in [-0.1, -0.05) is 23.5 Å². The first-order chi connectivity index (χ1) is 20.4. The number of ether oxygens (including phenoxy) is 1. The van der Waals surface area contributed by atoms with E-state index in [1.165, 1.54) is 17.7 Å². The lowest BCUT2D eigenvalue weighted by molar-refractivity contribution is -0.140. The van der Waals surface area contributed by atoms with Crippen LogP contribution in [0, 0.1) is 6.92 Å². The minimum atomic E-state index is -4.61. The van der Waals surface area contributed by atoms with Gasteiger partial charge in [-0.15, -0.1) is 0 Å². The summed E-state index contributed by atoms with van der Waals surface area (Å²) in [7, 11) is -2.61. The number of alkyl halides is 3. The summed E-state index contributed by atoms with van der Waals surface area (Å²) in [5.41, 5.74) is -0.140. The van der Waals surface area contributed by atoms with Gasteiger partial charge < -0.3 is 10.1 Å². The van der Waals surface area contributed by atoms with Crippen molar-refractivity contribution in [2.75, 3.05) is 50.5 Å². The second-order valence-corrected chi connectivity index (χ2v) is 13.0. The monoisotopic (exact) mass is 639 g/mol. The molecule has 0 aliphatic carbocycles. The number of nitrogens with zero attached hydrogens (tertiary/aromatic N) is 6. The number of hydrogen-bond acceptors (Lipinski definition) is 11. The number of aromatic nitrogens is 5. The van der Waals surface area contributed by atoms with Crippen LogP contribution in [0.5, 0.6) is 0 Å². The number of halogens is 3. The number of nitrogens with one attached hydrogen (secondary N) is 3. The summed E-state index contributed by atoms with van der Waals surface area (Å²) >= 11 is 0.870. The molecule has 1 aromatic carbocycles. The number of benzene rings is 1. The lowest BCUT2D eigenvalue weighted by Gasteiger charge is -2.35. The van der Waals surface area contributed by atoms with Crippen molar-refractivity contribution in [1.82, 2.24) is 34.4 Å². The quantitative estimate of drug-likeness (QED) is 0.259. The molecule has 1 atom stereocenters. The summed E-state index contributed by atoms with van der Waals surface area (Å²) < 4.78 is 73.1. The van der Waals surface area contributed by atoms with Crippen molar-refractivity contribution in [3.05, 3.63) is 42.1 Å². The maximum absolute atomic E-state index is 13.5. The maximum Gasteiger partial charge on any atom is 0.433 e. The highest BCUT2D eigenvalue weighted by Gasteiger charge is 2.36. The van der Waals surface area contributed by atoms with E-state index < -0.39 is 28.0 Å². The molecule has 0 bridgehead atoms. The van der Waals surface area contributed by atoms with Crippen LogP contribution in [0.4, 0.5) is 28.9 Å². The lowest BCUT2D eigenvalue weighted by atomic mass is 10.0. The molecule has 1 aliphatic rings. The van der Waals surface area contributed by atoms with Gasteiger partial charge in [-0.3, -0.25) is 15.3 Å². The number of aromatic amines is 1. The average molecular weight is 640 g/mol. The van der Waals surface area contributed by atoms with Gasteiger partial charge in [-0.05, 0) is 19.9 Å². The number of anilines is 2. The van der Waals surface area contributed by atoms with E-state index in [4.69, 9.17) is 0 Å². The number of para-hydroxylation sites is 1. The van der Waals surface area contributed by atoms with Crippen LogP contribution in [0.3, 0.4) is 0 Å². The van der Waals surface area contributed by atoms with E-state index in [0.29, 0.717) is 42.0 Å². The van der Waals surface area contributed by atoms with E-state index in [1.807, 2.05) is 12.0 Å². The first-order valence-electron chi connectivity index (χ1n) is 13.0. The number of rotatable bonds is 8. The van der Waals surface area contributed by atoms with Gasteiger partial charge in [-0.25, -0.2) is 28.2 Å². The Morgan fingerprint density at radius 2 is 1.93 bits per heavy atom. The third-order valence-electron chi connectivity index (χ3n) is 6.85. The van der Waals surface area contributed by atoms with Gasteiger partial charge in [-0.2, -0.15) is 22.6 Å². The number of carbonyl (C=O) groups is 1. The normalized spacial score (nSPS) is 15.9. The number of aryl methyl sites for hydroxylation is 1. The number of H-pyrrole nitrogens is 1. The van der Waals surface area contributed by atoms with Crippen molar-refractivity contribution in [2.45, 2.75) is 30.3 Å². The Kier molecular flexibility index (Phi) is 8.55. The molecule has 1 fully saturated rings. The Balaban J connectivity index is 1.24. The number of amides is 1. The van der Waals surface area contributed by atoms with Crippen molar-refractivity contribution in [3.63, 3.8) is 0 Å². The van der Waals surface area contributed by atoms with Crippen LogP contribution in [0.25, 0.3) is 22.0 Å². The molecular formula is C25H28F3N9O4S2. The van der Waals surface area contributed by atoms with Crippen LogP contribution in [-0.4, -0.2) is 94.7 Å². The number of fused-ring (bicyclic) bond motifs is 1. The van der Waals surface area contributed by atoms with Crippen LogP contribution in [0.2, 0.25) is 0 Å². The SMILES string of the molecule is COC(=O)Nc1nc(C)c(S(=O)(=O)N2CCN(C[C@H](C)Nc3ncnc4c(-c5cn[nH]c5C(F)(F)F)cccc34)CC2)s1. The van der Waals surface area contributed by atoms with E-state index in [-0.39, 0.29) is 39.6 Å². The van der Waals surface area contributed by atoms with Crippen molar-refractivity contribution in [2.24, 2.45) is 0 Å². The summed E-state index contributed by atoms with van der Waals surface area (Å²) in [5, 5.41) is 12.0. The second kappa shape index (κ2) is 12.0. The van der Waals surface area contributed by atoms with Crippen LogP contribution in [-0.2, 0) is 20.9 Å². The molecule has 5 rings (SSSR count). The molecule has 4 aromatic rings. The predicted octanol–water partition coefficient (Wildman–Crippen LogP) is 3.79. The van der Waals surface area contributed by atoms with E-state index >= 15 is 0 Å². The van der Waals surface area contributed by atoms with E-state index in [9.17, 15) is 26.4 Å². The Morgan fingerprint density at radius 3 is 2.63 bits per heavy atom. The molecule has 13 nitrogen and oxygen atoms in total. The maximum atomic E-state index is 13.5. The molecule has 1 amide bonds. The van der Waals surface area contributed by atoms with E-state index in [0.717, 1.165) is 17.5 Å². The third-order valence-corrected chi connectivity index (χ3v) is 10.4. The second-order valence-electron chi connectivity index (χ2n) is 9.84. The van der Waals surface area contributed by atoms with Gasteiger partial charge in [0.15, 0.2) is 9.34 Å². The van der Waals surface area contributed by atoms with Crippen molar-refractivity contribution < 1.29 is 31.1 Å². The summed E-state index contributed by atoms with van der Waals surface area (Å²) in [6.45, 7) is 5.55. The number of piperazine rings is 1. The molecule has 18 heteroatoms. The van der Waals surface area contributed by atoms with Crippen LogP contribution < -0.4 is 10.6 Å². The van der Waals surface area contributed by atoms with E-state index in [1.54, 1.807) is 25.1 Å². The highest BCUT2D eigenvalue weighted by atomic mass is 32.2. The van der Waals surface area contributed by atoms with Gasteiger partial charge >= 0.3 is 12.3 Å². The molecule has 1 aliphatic heterocycles. The van der Waals surface area contributed by atoms with E-state index in [2.05, 4.69) is 40.3 Å². The molecule has 4 heterocycles. The van der Waals surface area contributed by atoms with Crippen molar-refractivity contribution in [1.29, 1.82) is 0 Å². The van der Waals surface area contributed by atoms with Crippen molar-refractivity contribution in [3.8, 4) is 11.1 Å². The largest absolute Gasteiger partial charge is 0.453 e. The summed E-state index contributed by atoms with van der Waals surface area (Å²) in [4.78, 5) is 26.3. The number of thiazole rings is 1. The minimum absolute atomic E-state index is 0.0650. The third kappa shape index (κ3) is 6.41. The molecule has 0 saturated carbocycles. The molecule has 43 heavy (non-hydrogen) atoms. The summed E-state index contributed by atoms with van der Waals surface area (Å²) in [6, 6.07) is 4.79. The fourth-order valence-corrected chi connectivity index (χ4v) is 7.83. The van der Waals surface area contributed by atoms with Gasteiger partial charge in [0.2, 0.25) is 0 Å². The highest BCUT2D eigenvalue weighted by molar-refractivity contribution is 7.91. The number of carbonyl (C=O) groups excluding carboxylic acids is 1. The summed E-state index contributed by atoms with van der Waals surface area (Å²) in [6.07, 6.45) is -2.92. The van der Waals surface area contributed by atoms with Crippen LogP contribution in [0.1, 0.15) is 18.3 Å². The minimum Gasteiger partial charge on any atom is -0.453 e. The molecule has 230 valence electrons. The zero-order valence-corrected chi connectivity index (χ0v) is 24.9. The Morgan fingerprint density at radius 1 is 1.19 bits per heavy atom. The Bertz CT molecular complexity index is 1740. The molecule has 3 aromatic heterocycles. The number of methoxy groups -OCH3 is 1. The smallest absolute Gasteiger partial charge is 0.433 e. The van der Waals surface area contributed by atoms with Gasteiger partial charge in [0, 0.05) is 55.3 Å². The molecule has 0 unspecified atom stereocenters. The van der Waals surface area contributed by atoms with Gasteiger partial charge in [0.1, 0.15) is 17.8 Å². The molecule has 3 N–H and O–H groups in total. The van der Waals surface area contributed by atoms with Crippen LogP contribution >= 0.6 is 11.3 Å². The van der Waals surface area contributed by atoms with Crippen LogP contribution in [0.15, 0.2) is 34.9 Å². The standard InChI is InChI=1S/C25H28F3N9O4S2/c1-14(12-36-7-9-37(10-8-36)43(39,40)22-15(2)33-23(42-22)34-24(38)41-3)32-21-17-6-4-5-16(19(17)29-13-30-21)18-11-31-35-20(18)25(26,27)28/h4-6,11,13-14H,7-10,12H2,1-3H3,(H,31,35)(H,29,30,32)(H,33,34,38)/t14-/m0/s1. The zero-order chi connectivity index (χ0) is 30.9. The fraction of sp³-hybridized carbons (Fsp3) is 0.400. The first-order valence-corrected chi connectivity index (χ1v) is 15.3. The fourth-order valence-electron chi connectivity index (χ4n) is 4.88. The molecule has 0 spiro atoms. The topological polar surface area (TPSA) is 158 Å². The molecule has 1 saturated heterocycles. The van der Waals surface area contributed by atoms with Gasteiger partial charge in [0.25, 0.3) is 10.0 Å². The molecule has 0 radical (unpaired) electrons. The lowest BCUT2D eigenvalue weighted by Crippen LogP contribution is -2.50.